The minimum Gasteiger partial charge on any atom is -0.386 e. The van der Waals surface area contributed by atoms with Crippen molar-refractivity contribution in [3.8, 4) is 0 Å². The van der Waals surface area contributed by atoms with Crippen molar-refractivity contribution in [1.82, 2.24) is 14.7 Å². The molecule has 1 saturated heterocycles. The van der Waals surface area contributed by atoms with Crippen LogP contribution in [0.3, 0.4) is 0 Å². The Kier molecular flexibility index (Phi) is 5.46. The second kappa shape index (κ2) is 6.77. The quantitative estimate of drug-likeness (QED) is 0.876. The van der Waals surface area contributed by atoms with Gasteiger partial charge in [-0.2, -0.15) is 5.10 Å². The SMILES string of the molecule is CC1OC(C)C(C(O)c2c(Br)cnn2CCN(C)C)C1C. The average molecular weight is 360 g/mol. The fraction of sp³-hybridized carbons (Fsp3) is 0.800. The van der Waals surface area contributed by atoms with Gasteiger partial charge in [0, 0.05) is 12.5 Å². The maximum absolute atomic E-state index is 10.9. The lowest BCUT2D eigenvalue weighted by Gasteiger charge is -2.26. The summed E-state index contributed by atoms with van der Waals surface area (Å²) < 4.78 is 8.64. The molecule has 1 aliphatic rings. The van der Waals surface area contributed by atoms with Gasteiger partial charge in [0.25, 0.3) is 0 Å². The number of hydrogen-bond acceptors (Lipinski definition) is 4. The third kappa shape index (κ3) is 3.50. The van der Waals surface area contributed by atoms with Crippen molar-refractivity contribution in [1.29, 1.82) is 0 Å². The number of halogens is 1. The highest BCUT2D eigenvalue weighted by molar-refractivity contribution is 9.10. The normalized spacial score (nSPS) is 31.0. The molecule has 120 valence electrons. The van der Waals surface area contributed by atoms with Gasteiger partial charge in [-0.15, -0.1) is 0 Å². The van der Waals surface area contributed by atoms with Gasteiger partial charge in [-0.05, 0) is 49.8 Å². The molecule has 6 heteroatoms. The van der Waals surface area contributed by atoms with Crippen molar-refractivity contribution >= 4 is 15.9 Å². The minimum absolute atomic E-state index is 0.0501. The molecule has 5 atom stereocenters. The van der Waals surface area contributed by atoms with E-state index in [2.05, 4.69) is 39.8 Å². The number of aliphatic hydroxyl groups is 1. The Bertz CT molecular complexity index is 477. The number of ether oxygens (including phenoxy) is 1. The monoisotopic (exact) mass is 359 g/mol. The molecular weight excluding hydrogens is 334 g/mol. The summed E-state index contributed by atoms with van der Waals surface area (Å²) in [4.78, 5) is 2.11. The van der Waals surface area contributed by atoms with Crippen LogP contribution in [0.5, 0.6) is 0 Å². The Hall–Kier alpha value is -0.430. The molecule has 1 aromatic heterocycles. The van der Waals surface area contributed by atoms with Gasteiger partial charge < -0.3 is 14.7 Å². The van der Waals surface area contributed by atoms with Gasteiger partial charge in [0.2, 0.25) is 0 Å². The number of hydrogen-bond donors (Lipinski definition) is 1. The zero-order chi connectivity index (χ0) is 15.7. The van der Waals surface area contributed by atoms with E-state index in [1.165, 1.54) is 0 Å². The van der Waals surface area contributed by atoms with Gasteiger partial charge in [0.15, 0.2) is 0 Å². The van der Waals surface area contributed by atoms with Gasteiger partial charge in [-0.25, -0.2) is 0 Å². The highest BCUT2D eigenvalue weighted by atomic mass is 79.9. The van der Waals surface area contributed by atoms with Gasteiger partial charge in [0.1, 0.15) is 6.10 Å². The summed E-state index contributed by atoms with van der Waals surface area (Å²) in [5, 5.41) is 15.3. The second-order valence-electron chi connectivity index (χ2n) is 6.33. The first-order chi connectivity index (χ1) is 9.82. The van der Waals surface area contributed by atoms with Gasteiger partial charge in [-0.3, -0.25) is 4.68 Å². The third-order valence-electron chi connectivity index (χ3n) is 4.56. The molecule has 0 bridgehead atoms. The van der Waals surface area contributed by atoms with Crippen molar-refractivity contribution < 1.29 is 9.84 Å². The minimum atomic E-state index is -0.570. The number of aliphatic hydroxyl groups excluding tert-OH is 1. The average Bonchev–Trinajstić information content (AvgIpc) is 2.88. The molecule has 2 heterocycles. The van der Waals surface area contributed by atoms with Crippen LogP contribution < -0.4 is 0 Å². The highest BCUT2D eigenvalue weighted by Gasteiger charge is 2.43. The molecule has 5 nitrogen and oxygen atoms in total. The Morgan fingerprint density at radius 3 is 2.57 bits per heavy atom. The molecule has 1 fully saturated rings. The summed E-state index contributed by atoms with van der Waals surface area (Å²) >= 11 is 3.53. The van der Waals surface area contributed by atoms with E-state index in [1.807, 2.05) is 25.7 Å². The molecule has 0 saturated carbocycles. The van der Waals surface area contributed by atoms with E-state index in [0.717, 1.165) is 23.3 Å². The standard InChI is InChI=1S/C15H26BrN3O2/c1-9-10(2)21-11(3)13(9)15(20)14-12(16)8-17-19(14)7-6-18(4)5/h8-11,13,15,20H,6-7H2,1-5H3. The third-order valence-corrected chi connectivity index (χ3v) is 5.17. The number of aromatic nitrogens is 2. The first-order valence-corrected chi connectivity index (χ1v) is 8.31. The predicted molar refractivity (Wildman–Crippen MR) is 86.1 cm³/mol. The molecular formula is C15H26BrN3O2. The molecule has 5 unspecified atom stereocenters. The smallest absolute Gasteiger partial charge is 0.102 e. The van der Waals surface area contributed by atoms with Crippen LogP contribution in [-0.4, -0.2) is 52.6 Å². The van der Waals surface area contributed by atoms with Crippen LogP contribution in [0.2, 0.25) is 0 Å². The zero-order valence-electron chi connectivity index (χ0n) is 13.5. The van der Waals surface area contributed by atoms with Crippen LogP contribution in [0.1, 0.15) is 32.6 Å². The van der Waals surface area contributed by atoms with Crippen LogP contribution >= 0.6 is 15.9 Å². The van der Waals surface area contributed by atoms with Crippen molar-refractivity contribution in [2.24, 2.45) is 11.8 Å². The van der Waals surface area contributed by atoms with Crippen molar-refractivity contribution in [2.45, 2.75) is 45.6 Å². The van der Waals surface area contributed by atoms with E-state index in [0.29, 0.717) is 5.92 Å². The predicted octanol–water partition coefficient (Wildman–Crippen LogP) is 2.30. The molecule has 1 N–H and O–H groups in total. The Labute approximate surface area is 135 Å². The molecule has 2 rings (SSSR count). The maximum atomic E-state index is 10.9. The van der Waals surface area contributed by atoms with Gasteiger partial charge in [0.05, 0.1) is 35.1 Å². The zero-order valence-corrected chi connectivity index (χ0v) is 15.0. The van der Waals surface area contributed by atoms with Crippen LogP contribution in [-0.2, 0) is 11.3 Å². The molecule has 0 amide bonds. The van der Waals surface area contributed by atoms with E-state index < -0.39 is 6.10 Å². The van der Waals surface area contributed by atoms with Gasteiger partial charge in [-0.1, -0.05) is 6.92 Å². The topological polar surface area (TPSA) is 50.5 Å². The molecule has 0 aromatic carbocycles. The van der Waals surface area contributed by atoms with Gasteiger partial charge >= 0.3 is 0 Å². The number of nitrogens with zero attached hydrogens (tertiary/aromatic N) is 3. The molecule has 1 aromatic rings. The second-order valence-corrected chi connectivity index (χ2v) is 7.19. The fourth-order valence-electron chi connectivity index (χ4n) is 3.16. The fourth-order valence-corrected chi connectivity index (χ4v) is 3.69. The number of rotatable bonds is 5. The largest absolute Gasteiger partial charge is 0.386 e. The number of likely N-dealkylation sites (N-methyl/N-ethyl adjacent to an activating group) is 1. The van der Waals surface area contributed by atoms with E-state index in [9.17, 15) is 5.11 Å². The highest BCUT2D eigenvalue weighted by Crippen LogP contribution is 2.42. The first-order valence-electron chi connectivity index (χ1n) is 7.52. The summed E-state index contributed by atoms with van der Waals surface area (Å²) in [6, 6.07) is 0. The summed E-state index contributed by atoms with van der Waals surface area (Å²) in [5.41, 5.74) is 0.859. The molecule has 0 radical (unpaired) electrons. The Balaban J connectivity index is 2.22. The van der Waals surface area contributed by atoms with Crippen LogP contribution in [0.15, 0.2) is 10.7 Å². The summed E-state index contributed by atoms with van der Waals surface area (Å²) in [7, 11) is 4.07. The van der Waals surface area contributed by atoms with E-state index in [4.69, 9.17) is 4.74 Å². The molecule has 1 aliphatic heterocycles. The van der Waals surface area contributed by atoms with Crippen LogP contribution in [0, 0.1) is 11.8 Å². The van der Waals surface area contributed by atoms with E-state index >= 15 is 0 Å². The van der Waals surface area contributed by atoms with Crippen LogP contribution in [0.4, 0.5) is 0 Å². The van der Waals surface area contributed by atoms with E-state index in [1.54, 1.807) is 6.20 Å². The molecule has 21 heavy (non-hydrogen) atoms. The summed E-state index contributed by atoms with van der Waals surface area (Å²) in [6.07, 6.45) is 1.42. The van der Waals surface area contributed by atoms with Crippen molar-refractivity contribution in [2.75, 3.05) is 20.6 Å². The molecule has 0 spiro atoms. The van der Waals surface area contributed by atoms with Crippen molar-refractivity contribution in [3.05, 3.63) is 16.4 Å². The lowest BCUT2D eigenvalue weighted by atomic mass is 9.84. The Morgan fingerprint density at radius 2 is 2.05 bits per heavy atom. The molecule has 0 aliphatic carbocycles. The lowest BCUT2D eigenvalue weighted by molar-refractivity contribution is 0.0198. The maximum Gasteiger partial charge on any atom is 0.102 e. The summed E-state index contributed by atoms with van der Waals surface area (Å²) in [6.45, 7) is 7.92. The Morgan fingerprint density at radius 1 is 1.38 bits per heavy atom. The first kappa shape index (κ1) is 16.9. The van der Waals surface area contributed by atoms with Crippen molar-refractivity contribution in [3.63, 3.8) is 0 Å². The van der Waals surface area contributed by atoms with E-state index in [-0.39, 0.29) is 18.1 Å². The summed E-state index contributed by atoms with van der Waals surface area (Å²) in [5.74, 6) is 0.408. The lowest BCUT2D eigenvalue weighted by Crippen LogP contribution is -2.28. The van der Waals surface area contributed by atoms with Crippen LogP contribution in [0.25, 0.3) is 0 Å².